The van der Waals surface area contributed by atoms with E-state index < -0.39 is 33.5 Å². The van der Waals surface area contributed by atoms with Crippen molar-refractivity contribution in [3.8, 4) is 11.3 Å². The molecule has 212 valence electrons. The Kier molecular flexibility index (Phi) is 8.99. The van der Waals surface area contributed by atoms with Crippen LogP contribution >= 0.6 is 0 Å². The molecule has 0 aliphatic heterocycles. The van der Waals surface area contributed by atoms with Gasteiger partial charge in [0, 0.05) is 18.8 Å². The standard InChI is InChI=1S/C25H33N5O8S/c1-7-9-10-13-38-25(34)30(39(6,35)36)29-22(31)19-14-18(20-11-12-26-27(20)5)17(16(3)4)15-21(19)28(23(29)32)24(33)37-8-2/h11-12,14-16H,7-10,13H2,1-6H3. The number of fused-ring (bicyclic) bond motifs is 1. The molecule has 0 aliphatic rings. The zero-order valence-electron chi connectivity index (χ0n) is 22.8. The number of carbonyl (C=O) groups is 2. The molecule has 0 saturated heterocycles. The van der Waals surface area contributed by atoms with Crippen molar-refractivity contribution in [3.63, 3.8) is 0 Å². The van der Waals surface area contributed by atoms with Gasteiger partial charge in [0.15, 0.2) is 0 Å². The molecule has 0 N–H and O–H groups in total. The lowest BCUT2D eigenvalue weighted by atomic mass is 9.93. The summed E-state index contributed by atoms with van der Waals surface area (Å²) < 4.78 is 37.8. The Morgan fingerprint density at radius 1 is 1.10 bits per heavy atom. The molecule has 3 rings (SSSR count). The highest BCUT2D eigenvalue weighted by molar-refractivity contribution is 7.92. The van der Waals surface area contributed by atoms with Crippen LogP contribution in [0.25, 0.3) is 22.2 Å². The van der Waals surface area contributed by atoms with E-state index in [1.54, 1.807) is 24.0 Å². The van der Waals surface area contributed by atoms with Gasteiger partial charge in [-0.25, -0.2) is 22.8 Å². The third kappa shape index (κ3) is 5.90. The van der Waals surface area contributed by atoms with Gasteiger partial charge in [0.05, 0.1) is 36.1 Å². The number of aromatic nitrogens is 4. The Bertz CT molecular complexity index is 1620. The van der Waals surface area contributed by atoms with Gasteiger partial charge in [-0.3, -0.25) is 9.48 Å². The molecule has 0 spiro atoms. The Labute approximate surface area is 225 Å². The molecular weight excluding hydrogens is 530 g/mol. The first-order valence-corrected chi connectivity index (χ1v) is 14.4. The van der Waals surface area contributed by atoms with Crippen LogP contribution in [-0.4, -0.2) is 59.1 Å². The van der Waals surface area contributed by atoms with Crippen molar-refractivity contribution in [2.24, 2.45) is 7.05 Å². The van der Waals surface area contributed by atoms with Gasteiger partial charge >= 0.3 is 17.9 Å². The number of hydrogen-bond acceptors (Lipinski definition) is 9. The summed E-state index contributed by atoms with van der Waals surface area (Å²) in [5.74, 6) is -0.113. The maximum Gasteiger partial charge on any atom is 0.444 e. The molecule has 1 aromatic carbocycles. The third-order valence-corrected chi connectivity index (χ3v) is 6.94. The fourth-order valence-electron chi connectivity index (χ4n) is 4.15. The van der Waals surface area contributed by atoms with E-state index in [4.69, 9.17) is 9.47 Å². The quantitative estimate of drug-likeness (QED) is 0.358. The summed E-state index contributed by atoms with van der Waals surface area (Å²) in [5, 5.41) is 3.98. The number of amides is 1. The molecule has 2 heterocycles. The van der Waals surface area contributed by atoms with E-state index in [9.17, 15) is 27.6 Å². The second-order valence-corrected chi connectivity index (χ2v) is 11.0. The van der Waals surface area contributed by atoms with E-state index in [1.165, 1.54) is 19.1 Å². The van der Waals surface area contributed by atoms with Gasteiger partial charge in [0.25, 0.3) is 15.6 Å². The molecule has 0 fully saturated rings. The minimum atomic E-state index is -4.57. The van der Waals surface area contributed by atoms with E-state index in [-0.39, 0.29) is 39.1 Å². The van der Waals surface area contributed by atoms with Crippen LogP contribution in [0.3, 0.4) is 0 Å². The normalized spacial score (nSPS) is 11.7. The molecule has 0 unspecified atom stereocenters. The van der Waals surface area contributed by atoms with Crippen LogP contribution in [0.15, 0.2) is 34.0 Å². The predicted molar refractivity (Wildman–Crippen MR) is 145 cm³/mol. The van der Waals surface area contributed by atoms with E-state index in [2.05, 4.69) is 5.10 Å². The average Bonchev–Trinajstić information content (AvgIpc) is 3.28. The first kappa shape index (κ1) is 29.6. The second kappa shape index (κ2) is 11.8. The molecule has 1 amide bonds. The highest BCUT2D eigenvalue weighted by atomic mass is 32.2. The van der Waals surface area contributed by atoms with E-state index in [0.717, 1.165) is 6.42 Å². The van der Waals surface area contributed by atoms with Crippen molar-refractivity contribution in [2.75, 3.05) is 23.9 Å². The molecule has 13 nitrogen and oxygen atoms in total. The molecule has 0 bridgehead atoms. The minimum absolute atomic E-state index is 0.0567. The number of hydrogen-bond donors (Lipinski definition) is 0. The predicted octanol–water partition coefficient (Wildman–Crippen LogP) is 2.92. The van der Waals surface area contributed by atoms with Crippen molar-refractivity contribution in [3.05, 3.63) is 50.8 Å². The molecule has 0 radical (unpaired) electrons. The van der Waals surface area contributed by atoms with Crippen molar-refractivity contribution in [1.29, 1.82) is 0 Å². The summed E-state index contributed by atoms with van der Waals surface area (Å²) in [6.45, 7) is 7.02. The lowest BCUT2D eigenvalue weighted by molar-refractivity contribution is 0.147. The number of sulfonamides is 1. The van der Waals surface area contributed by atoms with Crippen molar-refractivity contribution >= 4 is 33.1 Å². The zero-order valence-corrected chi connectivity index (χ0v) is 23.6. The van der Waals surface area contributed by atoms with Crippen LogP contribution in [-0.2, 0) is 26.5 Å². The first-order chi connectivity index (χ1) is 18.3. The first-order valence-electron chi connectivity index (χ1n) is 12.5. The van der Waals surface area contributed by atoms with Crippen molar-refractivity contribution in [2.45, 2.75) is 52.9 Å². The monoisotopic (exact) mass is 563 g/mol. The molecular formula is C25H33N5O8S. The van der Waals surface area contributed by atoms with E-state index in [1.807, 2.05) is 20.8 Å². The molecule has 0 atom stereocenters. The third-order valence-electron chi connectivity index (χ3n) is 6.00. The van der Waals surface area contributed by atoms with Gasteiger partial charge in [-0.15, -0.1) is 4.68 Å². The Balaban J connectivity index is 2.45. The molecule has 39 heavy (non-hydrogen) atoms. The highest BCUT2D eigenvalue weighted by Crippen LogP contribution is 2.32. The van der Waals surface area contributed by atoms with Gasteiger partial charge in [-0.05, 0) is 43.0 Å². The fraction of sp³-hybridized carbons (Fsp3) is 0.480. The zero-order chi connectivity index (χ0) is 29.1. The lowest BCUT2D eigenvalue weighted by Gasteiger charge is -2.23. The van der Waals surface area contributed by atoms with Gasteiger partial charge in [0.1, 0.15) is 0 Å². The maximum atomic E-state index is 13.8. The number of nitrogens with zero attached hydrogens (tertiary/aromatic N) is 5. The van der Waals surface area contributed by atoms with Crippen LogP contribution in [0.4, 0.5) is 9.59 Å². The molecule has 0 saturated carbocycles. The summed E-state index contributed by atoms with van der Waals surface area (Å²) in [6.07, 6.45) is 1.61. The van der Waals surface area contributed by atoms with E-state index >= 15 is 0 Å². The molecule has 2 aromatic heterocycles. The van der Waals surface area contributed by atoms with Crippen LogP contribution in [0.1, 0.15) is 58.4 Å². The lowest BCUT2D eigenvalue weighted by Crippen LogP contribution is -2.58. The van der Waals surface area contributed by atoms with Crippen molar-refractivity contribution in [1.82, 2.24) is 19.0 Å². The topological polar surface area (TPSA) is 152 Å². The summed E-state index contributed by atoms with van der Waals surface area (Å²) in [5.41, 5.74) is -0.732. The van der Waals surface area contributed by atoms with E-state index in [0.29, 0.717) is 40.5 Å². The largest absolute Gasteiger partial charge is 0.449 e. The van der Waals surface area contributed by atoms with Gasteiger partial charge in [-0.1, -0.05) is 38.0 Å². The fourth-order valence-corrected chi connectivity index (χ4v) is 4.92. The van der Waals surface area contributed by atoms with Gasteiger partial charge < -0.3 is 9.47 Å². The molecule has 0 aliphatic carbocycles. The van der Waals surface area contributed by atoms with Crippen LogP contribution < -0.4 is 15.7 Å². The molecule has 14 heteroatoms. The SMILES string of the molecule is CCCCCOC(=O)N(n1c(=O)c2cc(-c3ccnn3C)c(C(C)C)cc2n(C(=O)OCC)c1=O)S(C)(=O)=O. The number of rotatable bonds is 9. The summed E-state index contributed by atoms with van der Waals surface area (Å²) in [4.78, 5) is 53.4. The summed E-state index contributed by atoms with van der Waals surface area (Å²) in [7, 11) is -2.86. The van der Waals surface area contributed by atoms with Crippen LogP contribution in [0.5, 0.6) is 0 Å². The van der Waals surface area contributed by atoms with Crippen LogP contribution in [0.2, 0.25) is 0 Å². The summed E-state index contributed by atoms with van der Waals surface area (Å²) >= 11 is 0. The smallest absolute Gasteiger partial charge is 0.444 e. The summed E-state index contributed by atoms with van der Waals surface area (Å²) in [6, 6.07) is 4.69. The van der Waals surface area contributed by atoms with Crippen LogP contribution in [0, 0.1) is 0 Å². The minimum Gasteiger partial charge on any atom is -0.449 e. The Morgan fingerprint density at radius 3 is 2.33 bits per heavy atom. The Morgan fingerprint density at radius 2 is 1.79 bits per heavy atom. The second-order valence-electron chi connectivity index (χ2n) is 9.21. The van der Waals surface area contributed by atoms with Crippen molar-refractivity contribution < 1.29 is 27.5 Å². The maximum absolute atomic E-state index is 13.8. The number of carbonyl (C=O) groups excluding carboxylic acids is 2. The van der Waals surface area contributed by atoms with Gasteiger partial charge in [0.2, 0.25) is 0 Å². The van der Waals surface area contributed by atoms with Gasteiger partial charge in [-0.2, -0.15) is 9.67 Å². The number of unbranched alkanes of at least 4 members (excludes halogenated alkanes) is 2. The average molecular weight is 564 g/mol. The number of aryl methyl sites for hydroxylation is 1. The number of benzene rings is 1. The number of ether oxygens (including phenoxy) is 2. The highest BCUT2D eigenvalue weighted by Gasteiger charge is 2.33. The Hall–Kier alpha value is -3.94. The molecule has 3 aromatic rings.